The number of hydrogen-bond acceptors (Lipinski definition) is 6. The second-order valence-electron chi connectivity index (χ2n) is 6.80. The Morgan fingerprint density at radius 1 is 1.03 bits per heavy atom. The monoisotopic (exact) mass is 410 g/mol. The van der Waals surface area contributed by atoms with Crippen LogP contribution in [0.25, 0.3) is 0 Å². The van der Waals surface area contributed by atoms with Crippen LogP contribution in [0.1, 0.15) is 60.3 Å². The van der Waals surface area contributed by atoms with E-state index in [0.717, 1.165) is 12.0 Å². The fourth-order valence-electron chi connectivity index (χ4n) is 3.43. The molecule has 8 nitrogen and oxygen atoms in total. The topological polar surface area (TPSA) is 102 Å². The fourth-order valence-corrected chi connectivity index (χ4v) is 3.43. The molecule has 0 radical (unpaired) electrons. The largest absolute Gasteiger partial charge is 0.465 e. The number of nitrogens with one attached hydrogen (secondary N) is 1. The van der Waals surface area contributed by atoms with Crippen molar-refractivity contribution in [3.8, 4) is 0 Å². The van der Waals surface area contributed by atoms with Crippen LogP contribution in [0, 0.1) is 0 Å². The molecule has 0 atom stereocenters. The number of carbonyl (C=O) groups is 4. The van der Waals surface area contributed by atoms with Gasteiger partial charge in [-0.15, -0.1) is 0 Å². The average Bonchev–Trinajstić information content (AvgIpc) is 3.08. The summed E-state index contributed by atoms with van der Waals surface area (Å²) in [5.41, 5.74) is 1.77. The van der Waals surface area contributed by atoms with Gasteiger partial charge in [-0.2, -0.15) is 0 Å². The Bertz CT molecular complexity index is 996. The lowest BCUT2D eigenvalue weighted by atomic mass is 10.0. The molecule has 0 unspecified atom stereocenters. The van der Waals surface area contributed by atoms with E-state index in [4.69, 9.17) is 9.47 Å². The Morgan fingerprint density at radius 2 is 1.67 bits per heavy atom. The second-order valence-corrected chi connectivity index (χ2v) is 6.80. The molecule has 1 N–H and O–H groups in total. The lowest BCUT2D eigenvalue weighted by molar-refractivity contribution is 0.0598. The first-order valence-corrected chi connectivity index (χ1v) is 9.43. The van der Waals surface area contributed by atoms with Crippen LogP contribution >= 0.6 is 0 Å². The maximum Gasteiger partial charge on any atom is 0.337 e. The molecule has 30 heavy (non-hydrogen) atoms. The van der Waals surface area contributed by atoms with Crippen molar-refractivity contribution in [2.24, 2.45) is 0 Å². The second kappa shape index (κ2) is 8.77. The van der Waals surface area contributed by atoms with Crippen LogP contribution in [0.15, 0.2) is 36.4 Å². The van der Waals surface area contributed by atoms with Gasteiger partial charge in [0.1, 0.15) is 0 Å². The third kappa shape index (κ3) is 4.03. The van der Waals surface area contributed by atoms with Crippen LogP contribution in [-0.2, 0) is 16.0 Å². The number of nitrogens with zero attached hydrogens (tertiary/aromatic N) is 1. The Hall–Kier alpha value is -3.68. The first kappa shape index (κ1) is 21.0. The number of rotatable bonds is 6. The summed E-state index contributed by atoms with van der Waals surface area (Å²) in [6.45, 7) is 3.06. The van der Waals surface area contributed by atoms with E-state index in [0.29, 0.717) is 18.7 Å². The van der Waals surface area contributed by atoms with E-state index in [1.54, 1.807) is 17.0 Å². The molecular weight excluding hydrogens is 388 g/mol. The first-order valence-electron chi connectivity index (χ1n) is 9.43. The van der Waals surface area contributed by atoms with Gasteiger partial charge in [0.15, 0.2) is 0 Å². The van der Waals surface area contributed by atoms with Gasteiger partial charge in [0.2, 0.25) is 0 Å². The number of amides is 2. The molecule has 0 bridgehead atoms. The Kier molecular flexibility index (Phi) is 6.15. The van der Waals surface area contributed by atoms with Gasteiger partial charge in [-0.3, -0.25) is 9.59 Å². The van der Waals surface area contributed by atoms with Crippen molar-refractivity contribution in [1.29, 1.82) is 0 Å². The van der Waals surface area contributed by atoms with Crippen molar-refractivity contribution in [2.45, 2.75) is 19.9 Å². The first-order chi connectivity index (χ1) is 14.4. The summed E-state index contributed by atoms with van der Waals surface area (Å²) in [6.07, 6.45) is 0.817. The van der Waals surface area contributed by atoms with Crippen molar-refractivity contribution in [1.82, 2.24) is 4.90 Å². The standard InChI is InChI=1S/C22H22N2O6/c1-4-8-24-12-13-6-5-7-17(18(13)20(24)26)19(25)23-16-10-14(21(27)29-2)9-15(11-16)22(28)30-3/h5-7,9-11H,4,8,12H2,1-3H3,(H,23,25). The van der Waals surface area contributed by atoms with Crippen LogP contribution in [0.3, 0.4) is 0 Å². The van der Waals surface area contributed by atoms with E-state index in [1.165, 1.54) is 32.4 Å². The molecule has 8 heteroatoms. The van der Waals surface area contributed by atoms with Gasteiger partial charge in [0.05, 0.1) is 36.5 Å². The SMILES string of the molecule is CCCN1Cc2cccc(C(=O)Nc3cc(C(=O)OC)cc(C(=O)OC)c3)c2C1=O. The predicted octanol–water partition coefficient (Wildman–Crippen LogP) is 2.88. The van der Waals surface area contributed by atoms with E-state index in [9.17, 15) is 19.2 Å². The Balaban J connectivity index is 1.94. The molecule has 1 heterocycles. The van der Waals surface area contributed by atoms with Crippen molar-refractivity contribution >= 4 is 29.4 Å². The summed E-state index contributed by atoms with van der Waals surface area (Å²) in [6, 6.07) is 9.23. The van der Waals surface area contributed by atoms with E-state index in [1.807, 2.05) is 13.0 Å². The van der Waals surface area contributed by atoms with Crippen molar-refractivity contribution in [2.75, 3.05) is 26.1 Å². The fraction of sp³-hybridized carbons (Fsp3) is 0.273. The van der Waals surface area contributed by atoms with E-state index >= 15 is 0 Å². The summed E-state index contributed by atoms with van der Waals surface area (Å²) >= 11 is 0. The number of benzene rings is 2. The molecular formula is C22H22N2O6. The van der Waals surface area contributed by atoms with Crippen LogP contribution < -0.4 is 5.32 Å². The molecule has 0 spiro atoms. The number of esters is 2. The highest BCUT2D eigenvalue weighted by Gasteiger charge is 2.31. The third-order valence-electron chi connectivity index (χ3n) is 4.78. The smallest absolute Gasteiger partial charge is 0.337 e. The average molecular weight is 410 g/mol. The van der Waals surface area contributed by atoms with Gasteiger partial charge in [-0.05, 0) is 36.2 Å². The molecule has 0 aromatic heterocycles. The van der Waals surface area contributed by atoms with Crippen molar-refractivity contribution in [3.63, 3.8) is 0 Å². The maximum absolute atomic E-state index is 13.0. The van der Waals surface area contributed by atoms with E-state index in [-0.39, 0.29) is 28.3 Å². The van der Waals surface area contributed by atoms with Crippen LogP contribution in [0.4, 0.5) is 5.69 Å². The van der Waals surface area contributed by atoms with Crippen molar-refractivity contribution in [3.05, 3.63) is 64.2 Å². The number of methoxy groups -OCH3 is 2. The third-order valence-corrected chi connectivity index (χ3v) is 4.78. The molecule has 0 saturated carbocycles. The minimum Gasteiger partial charge on any atom is -0.465 e. The lowest BCUT2D eigenvalue weighted by Gasteiger charge is -2.14. The lowest BCUT2D eigenvalue weighted by Crippen LogP contribution is -2.26. The number of ether oxygens (including phenoxy) is 2. The van der Waals surface area contributed by atoms with Crippen LogP contribution in [-0.4, -0.2) is 49.4 Å². The summed E-state index contributed by atoms with van der Waals surface area (Å²) in [4.78, 5) is 51.3. The molecule has 2 aromatic rings. The molecule has 2 amide bonds. The van der Waals surface area contributed by atoms with Gasteiger partial charge in [-0.1, -0.05) is 19.1 Å². The highest BCUT2D eigenvalue weighted by atomic mass is 16.5. The van der Waals surface area contributed by atoms with Gasteiger partial charge in [0.25, 0.3) is 11.8 Å². The number of anilines is 1. The van der Waals surface area contributed by atoms with Crippen LogP contribution in [0.2, 0.25) is 0 Å². The summed E-state index contributed by atoms with van der Waals surface area (Å²) in [5, 5.41) is 2.67. The predicted molar refractivity (Wildman–Crippen MR) is 109 cm³/mol. The number of carbonyl (C=O) groups excluding carboxylic acids is 4. The quantitative estimate of drug-likeness (QED) is 0.735. The summed E-state index contributed by atoms with van der Waals surface area (Å²) in [7, 11) is 2.43. The maximum atomic E-state index is 13.0. The summed E-state index contributed by atoms with van der Waals surface area (Å²) < 4.78 is 9.41. The molecule has 156 valence electrons. The number of hydrogen-bond donors (Lipinski definition) is 1. The zero-order chi connectivity index (χ0) is 21.8. The summed E-state index contributed by atoms with van der Waals surface area (Å²) in [5.74, 6) is -2.03. The highest BCUT2D eigenvalue weighted by Crippen LogP contribution is 2.27. The van der Waals surface area contributed by atoms with Gasteiger partial charge >= 0.3 is 11.9 Å². The molecule has 0 fully saturated rings. The van der Waals surface area contributed by atoms with E-state index in [2.05, 4.69) is 5.32 Å². The zero-order valence-electron chi connectivity index (χ0n) is 17.0. The normalized spacial score (nSPS) is 12.4. The Labute approximate surface area is 173 Å². The van der Waals surface area contributed by atoms with E-state index < -0.39 is 17.8 Å². The minimum atomic E-state index is -0.665. The van der Waals surface area contributed by atoms with Crippen molar-refractivity contribution < 1.29 is 28.7 Å². The zero-order valence-corrected chi connectivity index (χ0v) is 17.0. The van der Waals surface area contributed by atoms with Gasteiger partial charge in [-0.25, -0.2) is 9.59 Å². The highest BCUT2D eigenvalue weighted by molar-refractivity contribution is 6.14. The molecule has 0 saturated heterocycles. The molecule has 2 aromatic carbocycles. The minimum absolute atomic E-state index is 0.0826. The Morgan fingerprint density at radius 3 is 2.23 bits per heavy atom. The molecule has 3 rings (SSSR count). The van der Waals surface area contributed by atoms with Gasteiger partial charge < -0.3 is 19.7 Å². The molecule has 0 aliphatic carbocycles. The molecule has 1 aliphatic rings. The van der Waals surface area contributed by atoms with Crippen LogP contribution in [0.5, 0.6) is 0 Å². The molecule has 1 aliphatic heterocycles. The number of fused-ring (bicyclic) bond motifs is 1. The van der Waals surface area contributed by atoms with Gasteiger partial charge in [0, 0.05) is 18.8 Å².